The first-order valence-electron chi connectivity index (χ1n) is 6.06. The second-order valence-corrected chi connectivity index (χ2v) is 6.17. The molecule has 0 amide bonds. The summed E-state index contributed by atoms with van der Waals surface area (Å²) in [4.78, 5) is 0. The van der Waals surface area contributed by atoms with Crippen molar-refractivity contribution in [2.24, 2.45) is 0 Å². The van der Waals surface area contributed by atoms with E-state index in [1.54, 1.807) is 0 Å². The number of phenols is 1. The largest absolute Gasteiger partial charge is 0.503 e. The normalized spacial score (nSPS) is 10.4. The zero-order chi connectivity index (χ0) is 14.7. The van der Waals surface area contributed by atoms with E-state index in [1.165, 1.54) is 12.7 Å². The van der Waals surface area contributed by atoms with Crippen molar-refractivity contribution < 1.29 is 9.84 Å². The molecule has 0 saturated heterocycles. The molecule has 0 atom stereocenters. The van der Waals surface area contributed by atoms with Gasteiger partial charge in [0.25, 0.3) is 0 Å². The summed E-state index contributed by atoms with van der Waals surface area (Å²) >= 11 is 6.86. The average Bonchev–Trinajstić information content (AvgIpc) is 2.41. The van der Waals surface area contributed by atoms with E-state index in [9.17, 15) is 5.11 Å². The van der Waals surface area contributed by atoms with Crippen molar-refractivity contribution in [2.75, 3.05) is 12.4 Å². The molecule has 5 heteroatoms. The second-order valence-electron chi connectivity index (χ2n) is 4.47. The molecule has 0 heterocycles. The van der Waals surface area contributed by atoms with Crippen LogP contribution in [0.25, 0.3) is 0 Å². The fourth-order valence-electron chi connectivity index (χ4n) is 1.85. The van der Waals surface area contributed by atoms with Gasteiger partial charge >= 0.3 is 0 Å². The van der Waals surface area contributed by atoms with Crippen molar-refractivity contribution in [3.63, 3.8) is 0 Å². The minimum Gasteiger partial charge on any atom is -0.503 e. The molecular weight excluding hydrogens is 386 g/mol. The molecule has 2 aromatic rings. The maximum absolute atomic E-state index is 9.78. The number of rotatable bonds is 4. The van der Waals surface area contributed by atoms with E-state index in [0.717, 1.165) is 15.7 Å². The number of anilines is 1. The van der Waals surface area contributed by atoms with E-state index in [2.05, 4.69) is 56.2 Å². The van der Waals surface area contributed by atoms with E-state index >= 15 is 0 Å². The number of methoxy groups -OCH3 is 1. The van der Waals surface area contributed by atoms with Crippen LogP contribution in [-0.2, 0) is 6.54 Å². The van der Waals surface area contributed by atoms with Crippen molar-refractivity contribution >= 4 is 37.5 Å². The van der Waals surface area contributed by atoms with Crippen molar-refractivity contribution in [1.82, 2.24) is 0 Å². The van der Waals surface area contributed by atoms with Crippen LogP contribution in [-0.4, -0.2) is 12.2 Å². The summed E-state index contributed by atoms with van der Waals surface area (Å²) in [7, 11) is 1.54. The van der Waals surface area contributed by atoms with Gasteiger partial charge in [0.2, 0.25) is 0 Å². The quantitative estimate of drug-likeness (QED) is 0.770. The molecule has 3 nitrogen and oxygen atoms in total. The molecular formula is C15H15Br2NO2. The molecule has 0 unspecified atom stereocenters. The van der Waals surface area contributed by atoms with Gasteiger partial charge < -0.3 is 15.2 Å². The average molecular weight is 401 g/mol. The summed E-state index contributed by atoms with van der Waals surface area (Å²) in [6.07, 6.45) is 0. The van der Waals surface area contributed by atoms with Gasteiger partial charge in [0.15, 0.2) is 11.5 Å². The van der Waals surface area contributed by atoms with Crippen LogP contribution in [0.15, 0.2) is 39.3 Å². The maximum Gasteiger partial charge on any atom is 0.172 e. The van der Waals surface area contributed by atoms with Gasteiger partial charge in [0.05, 0.1) is 11.6 Å². The molecule has 106 valence electrons. The maximum atomic E-state index is 9.78. The molecule has 0 aromatic heterocycles. The van der Waals surface area contributed by atoms with Crippen LogP contribution in [0.5, 0.6) is 11.5 Å². The van der Waals surface area contributed by atoms with Crippen LogP contribution >= 0.6 is 31.9 Å². The van der Waals surface area contributed by atoms with Crippen LogP contribution in [0.1, 0.15) is 11.1 Å². The predicted octanol–water partition coefficient (Wildman–Crippen LogP) is 4.85. The van der Waals surface area contributed by atoms with Gasteiger partial charge in [-0.1, -0.05) is 6.07 Å². The summed E-state index contributed by atoms with van der Waals surface area (Å²) in [5.41, 5.74) is 3.24. The Kier molecular flexibility index (Phi) is 4.94. The fourth-order valence-corrected chi connectivity index (χ4v) is 2.97. The standard InChI is InChI=1S/C15H15Br2NO2/c1-9-3-4-13(11(16)5-9)18-8-10-6-12(17)15(19)14(7-10)20-2/h3-7,18-19H,8H2,1-2H3. The molecule has 2 aromatic carbocycles. The van der Waals surface area contributed by atoms with Gasteiger partial charge in [-0.05, 0) is 74.2 Å². The van der Waals surface area contributed by atoms with Crippen molar-refractivity contribution in [3.05, 3.63) is 50.4 Å². The van der Waals surface area contributed by atoms with Gasteiger partial charge in [0.1, 0.15) is 0 Å². The lowest BCUT2D eigenvalue weighted by Gasteiger charge is -2.12. The van der Waals surface area contributed by atoms with Crippen LogP contribution in [0.3, 0.4) is 0 Å². The number of nitrogens with one attached hydrogen (secondary N) is 1. The molecule has 2 rings (SSSR count). The van der Waals surface area contributed by atoms with Gasteiger partial charge in [0, 0.05) is 16.7 Å². The van der Waals surface area contributed by atoms with E-state index in [4.69, 9.17) is 4.74 Å². The molecule has 0 spiro atoms. The number of hydrogen-bond donors (Lipinski definition) is 2. The molecule has 0 aliphatic rings. The third-order valence-electron chi connectivity index (χ3n) is 2.92. The van der Waals surface area contributed by atoms with Crippen LogP contribution < -0.4 is 10.1 Å². The summed E-state index contributed by atoms with van der Waals surface area (Å²) in [5.74, 6) is 0.576. The Morgan fingerprint density at radius 3 is 2.55 bits per heavy atom. The summed E-state index contributed by atoms with van der Waals surface area (Å²) in [5, 5.41) is 13.1. The third kappa shape index (κ3) is 3.46. The summed E-state index contributed by atoms with van der Waals surface area (Å²) in [6, 6.07) is 9.84. The van der Waals surface area contributed by atoms with Gasteiger partial charge in [-0.3, -0.25) is 0 Å². The van der Waals surface area contributed by atoms with Gasteiger partial charge in [-0.15, -0.1) is 0 Å². The highest BCUT2D eigenvalue weighted by molar-refractivity contribution is 9.11. The first-order valence-corrected chi connectivity index (χ1v) is 7.65. The number of aryl methyl sites for hydroxylation is 1. The zero-order valence-corrected chi connectivity index (χ0v) is 14.4. The third-order valence-corrected chi connectivity index (χ3v) is 4.18. The predicted molar refractivity (Wildman–Crippen MR) is 88.6 cm³/mol. The lowest BCUT2D eigenvalue weighted by atomic mass is 10.2. The first-order chi connectivity index (χ1) is 9.51. The van der Waals surface area contributed by atoms with Crippen LogP contribution in [0.2, 0.25) is 0 Å². The molecule has 0 fully saturated rings. The highest BCUT2D eigenvalue weighted by atomic mass is 79.9. The van der Waals surface area contributed by atoms with Crippen LogP contribution in [0, 0.1) is 6.92 Å². The topological polar surface area (TPSA) is 41.5 Å². The van der Waals surface area contributed by atoms with Crippen molar-refractivity contribution in [1.29, 1.82) is 0 Å². The summed E-state index contributed by atoms with van der Waals surface area (Å²) < 4.78 is 6.79. The van der Waals surface area contributed by atoms with Crippen LogP contribution in [0.4, 0.5) is 5.69 Å². The first kappa shape index (κ1) is 15.2. The van der Waals surface area contributed by atoms with E-state index in [0.29, 0.717) is 16.8 Å². The summed E-state index contributed by atoms with van der Waals surface area (Å²) in [6.45, 7) is 2.69. The number of aromatic hydroxyl groups is 1. The second kappa shape index (κ2) is 6.50. The molecule has 2 N–H and O–H groups in total. The number of hydrogen-bond acceptors (Lipinski definition) is 3. The Morgan fingerprint density at radius 2 is 1.90 bits per heavy atom. The fraction of sp³-hybridized carbons (Fsp3) is 0.200. The lowest BCUT2D eigenvalue weighted by molar-refractivity contribution is 0.371. The molecule has 0 radical (unpaired) electrons. The SMILES string of the molecule is COc1cc(CNc2ccc(C)cc2Br)cc(Br)c1O. The Hall–Kier alpha value is -1.20. The number of halogens is 2. The minimum atomic E-state index is 0.118. The minimum absolute atomic E-state index is 0.118. The number of ether oxygens (including phenoxy) is 1. The van der Waals surface area contributed by atoms with Gasteiger partial charge in [-0.25, -0.2) is 0 Å². The molecule has 0 aliphatic carbocycles. The van der Waals surface area contributed by atoms with E-state index < -0.39 is 0 Å². The van der Waals surface area contributed by atoms with Crippen molar-refractivity contribution in [2.45, 2.75) is 13.5 Å². The molecule has 0 saturated carbocycles. The van der Waals surface area contributed by atoms with E-state index in [-0.39, 0.29) is 5.75 Å². The lowest BCUT2D eigenvalue weighted by Crippen LogP contribution is -2.01. The molecule has 0 bridgehead atoms. The van der Waals surface area contributed by atoms with E-state index in [1.807, 2.05) is 18.2 Å². The Bertz CT molecular complexity index is 630. The Balaban J connectivity index is 2.16. The molecule has 0 aliphatic heterocycles. The highest BCUT2D eigenvalue weighted by Gasteiger charge is 2.09. The smallest absolute Gasteiger partial charge is 0.172 e. The number of benzene rings is 2. The Morgan fingerprint density at radius 1 is 1.15 bits per heavy atom. The monoisotopic (exact) mass is 399 g/mol. The zero-order valence-electron chi connectivity index (χ0n) is 11.2. The van der Waals surface area contributed by atoms with Gasteiger partial charge in [-0.2, -0.15) is 0 Å². The molecule has 20 heavy (non-hydrogen) atoms. The van der Waals surface area contributed by atoms with Crippen molar-refractivity contribution in [3.8, 4) is 11.5 Å². The number of phenolic OH excluding ortho intramolecular Hbond substituents is 1. The Labute approximate surface area is 135 Å². The highest BCUT2D eigenvalue weighted by Crippen LogP contribution is 2.35.